The second kappa shape index (κ2) is 10.6. The summed E-state index contributed by atoms with van der Waals surface area (Å²) in [6.07, 6.45) is 6.12. The highest BCUT2D eigenvalue weighted by Crippen LogP contribution is 2.45. The number of amides is 2. The van der Waals surface area contributed by atoms with E-state index in [1.54, 1.807) is 31.9 Å². The van der Waals surface area contributed by atoms with Crippen molar-refractivity contribution in [3.63, 3.8) is 0 Å². The van der Waals surface area contributed by atoms with Gasteiger partial charge >= 0.3 is 6.09 Å². The van der Waals surface area contributed by atoms with E-state index in [-0.39, 0.29) is 43.4 Å². The summed E-state index contributed by atoms with van der Waals surface area (Å²) in [7, 11) is 3.31. The van der Waals surface area contributed by atoms with Crippen molar-refractivity contribution in [2.45, 2.75) is 57.4 Å². The monoisotopic (exact) mass is 533 g/mol. The van der Waals surface area contributed by atoms with E-state index >= 15 is 4.39 Å². The Hall–Kier alpha value is -3.05. The molecule has 0 radical (unpaired) electrons. The minimum atomic E-state index is -1.78. The topological polar surface area (TPSA) is 96.0 Å². The van der Waals surface area contributed by atoms with Gasteiger partial charge in [-0.15, -0.1) is 0 Å². The number of carbonyl (C=O) groups is 2. The summed E-state index contributed by atoms with van der Waals surface area (Å²) in [6, 6.07) is 1.13. The van der Waals surface area contributed by atoms with Crippen LogP contribution in [0.4, 0.5) is 13.6 Å². The van der Waals surface area contributed by atoms with Crippen molar-refractivity contribution < 1.29 is 27.8 Å². The predicted molar refractivity (Wildman–Crippen MR) is 137 cm³/mol. The van der Waals surface area contributed by atoms with E-state index in [9.17, 15) is 14.0 Å². The van der Waals surface area contributed by atoms with Crippen molar-refractivity contribution in [2.75, 3.05) is 40.3 Å². The molecule has 0 aromatic carbocycles. The summed E-state index contributed by atoms with van der Waals surface area (Å²) in [5, 5.41) is 6.10. The number of allylic oxidation sites excluding steroid dienone is 1. The van der Waals surface area contributed by atoms with Crippen LogP contribution >= 0.6 is 0 Å². The summed E-state index contributed by atoms with van der Waals surface area (Å²) in [6.45, 7) is 7.54. The summed E-state index contributed by atoms with van der Waals surface area (Å²) >= 11 is 0. The Labute approximate surface area is 222 Å². The SMILES string of the molecule is COC1(c2cncc(F)c2)NC=C(C2(C(=O)N[C@H]3CCN(C)C3)CCN(C(=O)OC(C)(C)C)CC2)C=C1F. The molecule has 2 atom stereocenters. The first-order valence-corrected chi connectivity index (χ1v) is 12.9. The molecule has 3 aliphatic heterocycles. The van der Waals surface area contributed by atoms with Crippen molar-refractivity contribution in [1.29, 1.82) is 0 Å². The average Bonchev–Trinajstić information content (AvgIpc) is 3.27. The van der Waals surface area contributed by atoms with Gasteiger partial charge in [0.15, 0.2) is 5.83 Å². The molecule has 0 spiro atoms. The fourth-order valence-corrected chi connectivity index (χ4v) is 5.33. The second-order valence-electron chi connectivity index (χ2n) is 11.3. The van der Waals surface area contributed by atoms with Crippen LogP contribution in [0.5, 0.6) is 0 Å². The molecule has 0 aliphatic carbocycles. The molecular weight excluding hydrogens is 496 g/mol. The molecule has 2 amide bonds. The largest absolute Gasteiger partial charge is 0.444 e. The number of likely N-dealkylation sites (tertiary alicyclic amines) is 2. The lowest BCUT2D eigenvalue weighted by Gasteiger charge is -2.44. The van der Waals surface area contributed by atoms with Gasteiger partial charge in [0.05, 0.1) is 11.6 Å². The minimum Gasteiger partial charge on any atom is -0.444 e. The highest BCUT2D eigenvalue weighted by Gasteiger charge is 2.49. The highest BCUT2D eigenvalue weighted by atomic mass is 19.1. The van der Waals surface area contributed by atoms with Gasteiger partial charge in [-0.25, -0.2) is 13.6 Å². The number of halogens is 2. The standard InChI is InChI=1S/C27H37F2N5O4/c1-25(2,3)38-24(36)34-10-7-26(8-11-34,23(35)32-21-6-9-33(4)17-21)18-13-22(29)27(37-5,31-15-18)19-12-20(28)16-30-14-19/h12-16,21,31H,6-11,17H2,1-5H3,(H,32,35)/t21-,27?/m0/s1. The molecule has 208 valence electrons. The Morgan fingerprint density at radius 1 is 1.18 bits per heavy atom. The summed E-state index contributed by atoms with van der Waals surface area (Å²) in [5.74, 6) is -1.57. The lowest BCUT2D eigenvalue weighted by molar-refractivity contribution is -0.132. The maximum Gasteiger partial charge on any atom is 0.410 e. The molecular formula is C27H37F2N5O4. The number of hydrogen-bond acceptors (Lipinski definition) is 7. The molecule has 2 fully saturated rings. The maximum atomic E-state index is 15.9. The van der Waals surface area contributed by atoms with E-state index in [4.69, 9.17) is 9.47 Å². The van der Waals surface area contributed by atoms with Crippen LogP contribution in [0.1, 0.15) is 45.6 Å². The Balaban J connectivity index is 1.62. The second-order valence-corrected chi connectivity index (χ2v) is 11.3. The van der Waals surface area contributed by atoms with Gasteiger partial charge in [0.1, 0.15) is 11.4 Å². The highest BCUT2D eigenvalue weighted by molar-refractivity contribution is 5.87. The minimum absolute atomic E-state index is 0.0179. The van der Waals surface area contributed by atoms with Gasteiger partial charge in [-0.3, -0.25) is 9.78 Å². The number of likely N-dealkylation sites (N-methyl/N-ethyl adjacent to an activating group) is 1. The van der Waals surface area contributed by atoms with Gasteiger partial charge in [-0.1, -0.05) is 0 Å². The molecule has 2 saturated heterocycles. The van der Waals surface area contributed by atoms with Gasteiger partial charge in [-0.05, 0) is 71.3 Å². The van der Waals surface area contributed by atoms with Crippen LogP contribution in [0, 0.1) is 11.2 Å². The molecule has 1 aromatic heterocycles. The predicted octanol–water partition coefficient (Wildman–Crippen LogP) is 3.20. The smallest absolute Gasteiger partial charge is 0.410 e. The van der Waals surface area contributed by atoms with Crippen molar-refractivity contribution in [3.8, 4) is 0 Å². The first kappa shape index (κ1) is 28.0. The van der Waals surface area contributed by atoms with Crippen LogP contribution in [-0.2, 0) is 20.0 Å². The number of methoxy groups -OCH3 is 1. The van der Waals surface area contributed by atoms with Crippen LogP contribution in [0.25, 0.3) is 0 Å². The summed E-state index contributed by atoms with van der Waals surface area (Å²) < 4.78 is 40.8. The van der Waals surface area contributed by atoms with Gasteiger partial charge in [-0.2, -0.15) is 0 Å². The lowest BCUT2D eigenvalue weighted by atomic mass is 9.70. The normalized spacial score (nSPS) is 25.8. The number of hydrogen-bond donors (Lipinski definition) is 2. The molecule has 1 aromatic rings. The van der Waals surface area contributed by atoms with Gasteiger partial charge in [0, 0.05) is 50.7 Å². The number of rotatable bonds is 5. The van der Waals surface area contributed by atoms with Crippen molar-refractivity contribution in [1.82, 2.24) is 25.4 Å². The Kier molecular flexibility index (Phi) is 7.81. The van der Waals surface area contributed by atoms with Gasteiger partial charge in [0.25, 0.3) is 0 Å². The number of pyridine rings is 1. The molecule has 3 aliphatic rings. The number of ether oxygens (including phenoxy) is 2. The van der Waals surface area contributed by atoms with Gasteiger partial charge < -0.3 is 29.9 Å². The van der Waals surface area contributed by atoms with E-state index in [1.165, 1.54) is 19.4 Å². The molecule has 9 nitrogen and oxygen atoms in total. The van der Waals surface area contributed by atoms with Crippen LogP contribution < -0.4 is 10.6 Å². The third kappa shape index (κ3) is 5.54. The average molecular weight is 534 g/mol. The third-order valence-corrected chi connectivity index (χ3v) is 7.45. The summed E-state index contributed by atoms with van der Waals surface area (Å²) in [4.78, 5) is 34.1. The first-order valence-electron chi connectivity index (χ1n) is 12.9. The first-order chi connectivity index (χ1) is 17.9. The fourth-order valence-electron chi connectivity index (χ4n) is 5.33. The number of nitrogens with one attached hydrogen (secondary N) is 2. The zero-order chi connectivity index (χ0) is 27.7. The quantitative estimate of drug-likeness (QED) is 0.600. The molecule has 2 N–H and O–H groups in total. The summed E-state index contributed by atoms with van der Waals surface area (Å²) in [5.41, 5.74) is -2.93. The molecule has 4 heterocycles. The molecule has 0 bridgehead atoms. The van der Waals surface area contributed by atoms with E-state index in [0.29, 0.717) is 5.57 Å². The van der Waals surface area contributed by atoms with E-state index in [0.717, 1.165) is 31.8 Å². The molecule has 0 saturated carbocycles. The lowest BCUT2D eigenvalue weighted by Crippen LogP contribution is -2.55. The number of nitrogens with zero attached hydrogens (tertiary/aromatic N) is 3. The molecule has 4 rings (SSSR count). The van der Waals surface area contributed by atoms with Gasteiger partial charge in [0.2, 0.25) is 11.6 Å². The number of piperidine rings is 1. The van der Waals surface area contributed by atoms with Crippen molar-refractivity contribution >= 4 is 12.0 Å². The van der Waals surface area contributed by atoms with E-state index in [2.05, 4.69) is 20.5 Å². The number of dihydropyridines is 1. The molecule has 11 heteroatoms. The molecule has 1 unspecified atom stereocenters. The van der Waals surface area contributed by atoms with E-state index < -0.39 is 34.5 Å². The zero-order valence-corrected chi connectivity index (χ0v) is 22.6. The third-order valence-electron chi connectivity index (χ3n) is 7.45. The Bertz CT molecular complexity index is 1130. The van der Waals surface area contributed by atoms with Crippen LogP contribution in [0.15, 0.2) is 42.1 Å². The van der Waals surface area contributed by atoms with Crippen molar-refractivity contribution in [2.24, 2.45) is 5.41 Å². The number of aromatic nitrogens is 1. The Morgan fingerprint density at radius 2 is 1.89 bits per heavy atom. The Morgan fingerprint density at radius 3 is 2.45 bits per heavy atom. The number of carbonyl (C=O) groups excluding carboxylic acids is 2. The van der Waals surface area contributed by atoms with E-state index in [1.807, 2.05) is 7.05 Å². The van der Waals surface area contributed by atoms with Crippen LogP contribution in [0.2, 0.25) is 0 Å². The zero-order valence-electron chi connectivity index (χ0n) is 22.6. The fraction of sp³-hybridized carbons (Fsp3) is 0.593. The van der Waals surface area contributed by atoms with Crippen LogP contribution in [-0.4, -0.2) is 78.8 Å². The maximum absolute atomic E-state index is 15.9. The van der Waals surface area contributed by atoms with Crippen molar-refractivity contribution in [3.05, 3.63) is 53.5 Å². The van der Waals surface area contributed by atoms with Crippen LogP contribution in [0.3, 0.4) is 0 Å². The molecule has 38 heavy (non-hydrogen) atoms.